The second-order valence-corrected chi connectivity index (χ2v) is 16.8. The standard InChI is InChI=1S/C58H40N4O/c1-58(2)50-24-14-12-22-44(50)45-33-31-43(35-51(45)58)62(42-20-10-5-11-21-42)52-36-49-47-23-13-15-25-53(47)63-54(49)48-34-41(30-32-46(48)52)57-60-55(39-18-8-4-9-19-39)59-56(61-57)40-28-26-38(27-29-40)37-16-6-3-7-17-37/h3-36H,1-2H3. The van der Waals surface area contributed by atoms with Crippen molar-refractivity contribution >= 4 is 49.8 Å². The molecule has 0 fully saturated rings. The van der Waals surface area contributed by atoms with Crippen molar-refractivity contribution in [3.8, 4) is 56.4 Å². The first kappa shape index (κ1) is 36.7. The second kappa shape index (κ2) is 14.5. The van der Waals surface area contributed by atoms with E-state index in [-0.39, 0.29) is 5.41 Å². The van der Waals surface area contributed by atoms with Crippen molar-refractivity contribution in [2.24, 2.45) is 0 Å². The van der Waals surface area contributed by atoms with Crippen molar-refractivity contribution in [1.29, 1.82) is 0 Å². The lowest BCUT2D eigenvalue weighted by atomic mass is 9.82. The third kappa shape index (κ3) is 6.12. The first-order valence-corrected chi connectivity index (χ1v) is 21.4. The van der Waals surface area contributed by atoms with Crippen molar-refractivity contribution in [2.45, 2.75) is 19.3 Å². The summed E-state index contributed by atoms with van der Waals surface area (Å²) < 4.78 is 6.79. The maximum absolute atomic E-state index is 6.79. The summed E-state index contributed by atoms with van der Waals surface area (Å²) in [5.74, 6) is 1.81. The molecule has 1 aliphatic carbocycles. The minimum atomic E-state index is -0.155. The number of rotatable bonds is 7. The lowest BCUT2D eigenvalue weighted by molar-refractivity contribution is 0.660. The number of fused-ring (bicyclic) bond motifs is 8. The topological polar surface area (TPSA) is 55.1 Å². The first-order chi connectivity index (χ1) is 31.0. The van der Waals surface area contributed by atoms with Gasteiger partial charge in [0.1, 0.15) is 11.2 Å². The van der Waals surface area contributed by atoms with Crippen molar-refractivity contribution in [2.75, 3.05) is 4.90 Å². The fraction of sp³-hybridized carbons (Fsp3) is 0.0517. The van der Waals surface area contributed by atoms with E-state index >= 15 is 0 Å². The molecular formula is C58H40N4O. The van der Waals surface area contributed by atoms with E-state index in [0.29, 0.717) is 17.5 Å². The molecule has 5 nitrogen and oxygen atoms in total. The molecule has 11 aromatic rings. The molecule has 2 aromatic heterocycles. The number of hydrogen-bond donors (Lipinski definition) is 0. The van der Waals surface area contributed by atoms with E-state index in [1.807, 2.05) is 48.5 Å². The molecule has 0 amide bonds. The average molecular weight is 809 g/mol. The Morgan fingerprint density at radius 3 is 1.67 bits per heavy atom. The summed E-state index contributed by atoms with van der Waals surface area (Å²) in [6.07, 6.45) is 0. The number of benzene rings is 9. The fourth-order valence-electron chi connectivity index (χ4n) is 9.53. The van der Waals surface area contributed by atoms with Crippen LogP contribution in [0.3, 0.4) is 0 Å². The van der Waals surface area contributed by atoms with Gasteiger partial charge in [0.05, 0.1) is 5.69 Å². The van der Waals surface area contributed by atoms with Crippen molar-refractivity contribution < 1.29 is 4.42 Å². The summed E-state index contributed by atoms with van der Waals surface area (Å²) in [6.45, 7) is 4.68. The lowest BCUT2D eigenvalue weighted by Gasteiger charge is -2.29. The normalized spacial score (nSPS) is 12.7. The predicted octanol–water partition coefficient (Wildman–Crippen LogP) is 15.4. The third-order valence-electron chi connectivity index (χ3n) is 12.7. The van der Waals surface area contributed by atoms with Crippen LogP contribution >= 0.6 is 0 Å². The molecule has 1 aliphatic rings. The van der Waals surface area contributed by atoms with Crippen molar-refractivity contribution in [1.82, 2.24) is 15.0 Å². The molecule has 0 atom stereocenters. The summed E-state index contributed by atoms with van der Waals surface area (Å²) in [4.78, 5) is 17.8. The molecule has 298 valence electrons. The van der Waals surface area contributed by atoms with Gasteiger partial charge in [-0.05, 0) is 75.8 Å². The minimum absolute atomic E-state index is 0.155. The highest BCUT2D eigenvalue weighted by Crippen LogP contribution is 2.52. The number of hydrogen-bond acceptors (Lipinski definition) is 5. The number of furan rings is 1. The summed E-state index contributed by atoms with van der Waals surface area (Å²) in [6, 6.07) is 72.6. The summed E-state index contributed by atoms with van der Waals surface area (Å²) in [7, 11) is 0. The highest BCUT2D eigenvalue weighted by atomic mass is 16.3. The Hall–Kier alpha value is -8.15. The fourth-order valence-corrected chi connectivity index (χ4v) is 9.53. The number of para-hydroxylation sites is 2. The maximum Gasteiger partial charge on any atom is 0.164 e. The van der Waals surface area contributed by atoms with Crippen LogP contribution in [0.15, 0.2) is 211 Å². The molecular weight excluding hydrogens is 769 g/mol. The average Bonchev–Trinajstić information content (AvgIpc) is 3.84. The molecule has 0 N–H and O–H groups in total. The van der Waals surface area contributed by atoms with Gasteiger partial charge < -0.3 is 9.32 Å². The van der Waals surface area contributed by atoms with Crippen LogP contribution in [0, 0.1) is 0 Å². The van der Waals surface area contributed by atoms with Crippen LogP contribution in [0.2, 0.25) is 0 Å². The van der Waals surface area contributed by atoms with Gasteiger partial charge in [0.15, 0.2) is 17.5 Å². The first-order valence-electron chi connectivity index (χ1n) is 21.4. The Morgan fingerprint density at radius 2 is 0.921 bits per heavy atom. The summed E-state index contributed by atoms with van der Waals surface area (Å²) >= 11 is 0. The highest BCUT2D eigenvalue weighted by Gasteiger charge is 2.36. The Labute approximate surface area is 365 Å². The van der Waals surface area contributed by atoms with E-state index in [1.54, 1.807) is 0 Å². The zero-order valence-electron chi connectivity index (χ0n) is 34.8. The molecule has 63 heavy (non-hydrogen) atoms. The minimum Gasteiger partial charge on any atom is -0.455 e. The molecule has 0 saturated heterocycles. The van der Waals surface area contributed by atoms with Crippen molar-refractivity contribution in [3.63, 3.8) is 0 Å². The van der Waals surface area contributed by atoms with Gasteiger partial charge in [-0.15, -0.1) is 0 Å². The molecule has 0 bridgehead atoms. The zero-order valence-corrected chi connectivity index (χ0v) is 34.8. The summed E-state index contributed by atoms with van der Waals surface area (Å²) in [5, 5.41) is 4.12. The molecule has 0 spiro atoms. The van der Waals surface area contributed by atoms with Gasteiger partial charge in [-0.2, -0.15) is 0 Å². The van der Waals surface area contributed by atoms with Crippen LogP contribution in [0.1, 0.15) is 25.0 Å². The van der Waals surface area contributed by atoms with E-state index in [4.69, 9.17) is 19.4 Å². The monoisotopic (exact) mass is 808 g/mol. The third-order valence-corrected chi connectivity index (χ3v) is 12.7. The quantitative estimate of drug-likeness (QED) is 0.160. The molecule has 0 saturated carbocycles. The molecule has 0 unspecified atom stereocenters. The van der Waals surface area contributed by atoms with E-state index in [0.717, 1.165) is 77.6 Å². The largest absolute Gasteiger partial charge is 0.455 e. The van der Waals surface area contributed by atoms with Crippen LogP contribution in [-0.2, 0) is 5.41 Å². The number of anilines is 3. The Kier molecular flexibility index (Phi) is 8.44. The number of aromatic nitrogens is 3. The van der Waals surface area contributed by atoms with Crippen LogP contribution < -0.4 is 4.90 Å². The number of nitrogens with zero attached hydrogens (tertiary/aromatic N) is 4. The van der Waals surface area contributed by atoms with Gasteiger partial charge in [-0.25, -0.2) is 15.0 Å². The van der Waals surface area contributed by atoms with Crippen molar-refractivity contribution in [3.05, 3.63) is 217 Å². The molecule has 12 rings (SSSR count). The van der Waals surface area contributed by atoms with E-state index in [1.165, 1.54) is 22.3 Å². The van der Waals surface area contributed by atoms with Gasteiger partial charge >= 0.3 is 0 Å². The van der Waals surface area contributed by atoms with Crippen LogP contribution in [0.25, 0.3) is 89.1 Å². The maximum atomic E-state index is 6.79. The van der Waals surface area contributed by atoms with Gasteiger partial charge in [-0.1, -0.05) is 178 Å². The van der Waals surface area contributed by atoms with E-state index in [2.05, 4.69) is 176 Å². The Balaban J connectivity index is 1.07. The lowest BCUT2D eigenvalue weighted by Crippen LogP contribution is -2.16. The van der Waals surface area contributed by atoms with Crippen LogP contribution in [0.4, 0.5) is 17.1 Å². The highest BCUT2D eigenvalue weighted by molar-refractivity contribution is 6.20. The second-order valence-electron chi connectivity index (χ2n) is 16.8. The van der Waals surface area contributed by atoms with Crippen LogP contribution in [0.5, 0.6) is 0 Å². The van der Waals surface area contributed by atoms with E-state index < -0.39 is 0 Å². The SMILES string of the molecule is CC1(C)c2ccccc2-c2ccc(N(c3ccccc3)c3cc4c5ccccc5oc4c4cc(-c5nc(-c6ccccc6)nc(-c6ccc(-c7ccccc7)cc6)n5)ccc34)cc21. The van der Waals surface area contributed by atoms with Gasteiger partial charge in [0.2, 0.25) is 0 Å². The summed E-state index contributed by atoms with van der Waals surface area (Å²) in [5.41, 5.74) is 15.0. The molecule has 0 aliphatic heterocycles. The molecule has 2 heterocycles. The van der Waals surface area contributed by atoms with E-state index in [9.17, 15) is 0 Å². The predicted molar refractivity (Wildman–Crippen MR) is 259 cm³/mol. The smallest absolute Gasteiger partial charge is 0.164 e. The molecule has 5 heteroatoms. The molecule has 9 aromatic carbocycles. The molecule has 0 radical (unpaired) electrons. The Morgan fingerprint density at radius 1 is 0.381 bits per heavy atom. The Bertz CT molecular complexity index is 3520. The van der Waals surface area contributed by atoms with Crippen LogP contribution in [-0.4, -0.2) is 15.0 Å². The van der Waals surface area contributed by atoms with Gasteiger partial charge in [-0.3, -0.25) is 0 Å². The zero-order chi connectivity index (χ0) is 42.1. The van der Waals surface area contributed by atoms with Gasteiger partial charge in [0.25, 0.3) is 0 Å². The van der Waals surface area contributed by atoms with Gasteiger partial charge in [0, 0.05) is 55.0 Å².